The van der Waals surface area contributed by atoms with E-state index in [4.69, 9.17) is 9.47 Å². The van der Waals surface area contributed by atoms with Gasteiger partial charge in [0.15, 0.2) is 47.9 Å². The predicted octanol–water partition coefficient (Wildman–Crippen LogP) is 11.0. The van der Waals surface area contributed by atoms with Crippen molar-refractivity contribution in [3.05, 3.63) is 200 Å². The Bertz CT molecular complexity index is 2310. The van der Waals surface area contributed by atoms with E-state index in [2.05, 4.69) is 150 Å². The molecule has 0 aliphatic carbocycles. The number of fused-ring (bicyclic) bond motifs is 1. The first-order valence-electron chi connectivity index (χ1n) is 20.5. The summed E-state index contributed by atoms with van der Waals surface area (Å²) in [5.41, 5.74) is 12.0. The van der Waals surface area contributed by atoms with Crippen molar-refractivity contribution in [3.8, 4) is 22.6 Å². The molecule has 8 rings (SSSR count). The maximum atomic E-state index is 10.8. The Kier molecular flexibility index (Phi) is 16.7. The van der Waals surface area contributed by atoms with Crippen LogP contribution in [0.3, 0.4) is 0 Å². The van der Waals surface area contributed by atoms with Gasteiger partial charge in [-0.15, -0.1) is 11.3 Å². The van der Waals surface area contributed by atoms with Crippen LogP contribution in [0.1, 0.15) is 84.6 Å². The Morgan fingerprint density at radius 1 is 0.500 bits per heavy atom. The average molecular weight is 819 g/mol. The molecule has 3 aromatic heterocycles. The van der Waals surface area contributed by atoms with Gasteiger partial charge in [0.1, 0.15) is 27.3 Å². The van der Waals surface area contributed by atoms with Crippen molar-refractivity contribution >= 4 is 22.9 Å². The first kappa shape index (κ1) is 44.9. The van der Waals surface area contributed by atoms with E-state index < -0.39 is 0 Å². The van der Waals surface area contributed by atoms with Crippen molar-refractivity contribution in [2.75, 3.05) is 13.2 Å². The Balaban J connectivity index is 0.000000160. The van der Waals surface area contributed by atoms with Gasteiger partial charge in [0, 0.05) is 45.1 Å². The van der Waals surface area contributed by atoms with Crippen LogP contribution in [0, 0.1) is 20.8 Å². The second-order valence-corrected chi connectivity index (χ2v) is 16.5. The van der Waals surface area contributed by atoms with E-state index in [0.717, 1.165) is 30.8 Å². The van der Waals surface area contributed by atoms with Crippen LogP contribution < -0.4 is 18.6 Å². The lowest BCUT2D eigenvalue weighted by Gasteiger charge is -2.15. The van der Waals surface area contributed by atoms with Gasteiger partial charge in [0.2, 0.25) is 0 Å². The summed E-state index contributed by atoms with van der Waals surface area (Å²) in [5.74, 6) is 1.95. The fraction of sp³-hybridized carbons (Fsp3) is 0.245. The van der Waals surface area contributed by atoms with Gasteiger partial charge >= 0.3 is 0 Å². The second-order valence-electron chi connectivity index (χ2n) is 15.1. The van der Waals surface area contributed by atoms with Crippen LogP contribution in [0.5, 0.6) is 11.5 Å². The van der Waals surface area contributed by atoms with Crippen molar-refractivity contribution in [2.45, 2.75) is 60.8 Å². The average Bonchev–Trinajstić information content (AvgIpc) is 3.56. The number of pyridine rings is 2. The molecule has 4 aromatic carbocycles. The molecular formula is C53H58N2O4S+2. The van der Waals surface area contributed by atoms with Crippen LogP contribution in [-0.4, -0.2) is 24.8 Å². The van der Waals surface area contributed by atoms with Crippen molar-refractivity contribution in [1.29, 1.82) is 0 Å². The molecule has 7 aromatic rings. The van der Waals surface area contributed by atoms with Gasteiger partial charge < -0.3 is 9.47 Å². The topological polar surface area (TPSA) is 60.4 Å². The predicted molar refractivity (Wildman–Crippen MR) is 245 cm³/mol. The zero-order chi connectivity index (χ0) is 43.0. The molecule has 0 bridgehead atoms. The van der Waals surface area contributed by atoms with Crippen molar-refractivity contribution in [2.24, 2.45) is 14.1 Å². The number of hydrogen-bond acceptors (Lipinski definition) is 5. The summed E-state index contributed by atoms with van der Waals surface area (Å²) in [4.78, 5) is 24.1. The van der Waals surface area contributed by atoms with E-state index in [1.807, 2.05) is 23.2 Å². The molecule has 0 amide bonds. The van der Waals surface area contributed by atoms with Crippen LogP contribution in [0.25, 0.3) is 11.1 Å². The number of ketones is 2. The van der Waals surface area contributed by atoms with E-state index >= 15 is 0 Å². The number of hydrogen-bond donors (Lipinski definition) is 0. The zero-order valence-corrected chi connectivity index (χ0v) is 37.1. The number of ether oxygens (including phenoxy) is 2. The van der Waals surface area contributed by atoms with Crippen molar-refractivity contribution in [3.63, 3.8) is 0 Å². The van der Waals surface area contributed by atoms with E-state index in [-0.39, 0.29) is 11.6 Å². The SMILES string of the molecule is CC(=O)c1ccc(C(C)=O)cc1.CCc1ccc(Cc2ccc(Cc3ccc(C)cc3)cc2)cc1.C[n+]1ccc(-c2cc[n+](C)cc2)cc1.Cc1sc(C)c2c1OCCO2. The number of Topliss-reactive ketones (excluding diaryl/α,β-unsaturated/α-hetero) is 2. The molecule has 60 heavy (non-hydrogen) atoms. The minimum absolute atomic E-state index is 0.0186. The van der Waals surface area contributed by atoms with E-state index in [0.29, 0.717) is 24.3 Å². The van der Waals surface area contributed by atoms with E-state index in [1.165, 1.54) is 68.1 Å². The number of carbonyl (C=O) groups excluding carboxylic acids is 2. The summed E-state index contributed by atoms with van der Waals surface area (Å²) in [5, 5.41) is 0. The standard InChI is InChI=1S/C23H24.C12H14N2.C10H10O2.C8H10O2S/c1-3-19-8-10-21(11-9-19)17-23-14-12-22(13-15-23)16-20-6-4-18(2)5-7-20;1-13-7-3-11(4-8-13)12-5-9-14(2)10-6-12;1-7(11)9-3-5-10(6-4-9)8(2)12;1-5-7-8(6(2)11-5)10-4-3-9-7/h4-15H,3,16-17H2,1-2H3;3-10H,1-2H3;3-6H,1-2H3;3-4H2,1-2H3/q;+2;;. The molecule has 308 valence electrons. The molecule has 1 aliphatic rings. The molecule has 4 heterocycles. The maximum absolute atomic E-state index is 10.8. The number of thiophene rings is 1. The number of benzene rings is 4. The third-order valence-electron chi connectivity index (χ3n) is 10.1. The quantitative estimate of drug-likeness (QED) is 0.113. The molecule has 0 saturated heterocycles. The zero-order valence-electron chi connectivity index (χ0n) is 36.3. The number of nitrogens with zero attached hydrogens (tertiary/aromatic N) is 2. The highest BCUT2D eigenvalue weighted by Crippen LogP contribution is 2.42. The summed E-state index contributed by atoms with van der Waals surface area (Å²) >= 11 is 1.74. The third kappa shape index (κ3) is 13.7. The fourth-order valence-corrected chi connectivity index (χ4v) is 7.38. The number of aromatic nitrogens is 2. The Morgan fingerprint density at radius 2 is 0.817 bits per heavy atom. The lowest BCUT2D eigenvalue weighted by atomic mass is 9.99. The first-order chi connectivity index (χ1) is 28.9. The molecule has 0 unspecified atom stereocenters. The largest absolute Gasteiger partial charge is 0.485 e. The van der Waals surface area contributed by atoms with Crippen LogP contribution in [0.15, 0.2) is 146 Å². The molecule has 0 atom stereocenters. The van der Waals surface area contributed by atoms with Gasteiger partial charge in [-0.1, -0.05) is 110 Å². The highest BCUT2D eigenvalue weighted by molar-refractivity contribution is 7.12. The molecule has 0 saturated carbocycles. The van der Waals surface area contributed by atoms with E-state index in [9.17, 15) is 9.59 Å². The van der Waals surface area contributed by atoms with Gasteiger partial charge in [-0.25, -0.2) is 9.13 Å². The summed E-state index contributed by atoms with van der Waals surface area (Å²) in [7, 11) is 4.05. The smallest absolute Gasteiger partial charge is 0.175 e. The van der Waals surface area contributed by atoms with Crippen LogP contribution in [0.2, 0.25) is 0 Å². The Hall–Kier alpha value is -6.18. The summed E-state index contributed by atoms with van der Waals surface area (Å²) in [6, 6.07) is 42.0. The molecule has 1 aliphatic heterocycles. The lowest BCUT2D eigenvalue weighted by molar-refractivity contribution is -0.671. The molecule has 0 fully saturated rings. The molecule has 7 heteroatoms. The summed E-state index contributed by atoms with van der Waals surface area (Å²) in [6.45, 7) is 12.8. The van der Waals surface area contributed by atoms with Crippen molar-refractivity contribution < 1.29 is 28.2 Å². The minimum atomic E-state index is 0.0186. The van der Waals surface area contributed by atoms with Crippen LogP contribution in [-0.2, 0) is 33.4 Å². The van der Waals surface area contributed by atoms with Gasteiger partial charge in [-0.05, 0) is 92.8 Å². The highest BCUT2D eigenvalue weighted by Gasteiger charge is 2.19. The summed E-state index contributed by atoms with van der Waals surface area (Å²) < 4.78 is 15.0. The Morgan fingerprint density at radius 3 is 1.13 bits per heavy atom. The van der Waals surface area contributed by atoms with Gasteiger partial charge in [0.05, 0.1) is 0 Å². The number of aryl methyl sites for hydroxylation is 6. The van der Waals surface area contributed by atoms with Gasteiger partial charge in [0.25, 0.3) is 0 Å². The molecule has 0 radical (unpaired) electrons. The summed E-state index contributed by atoms with van der Waals surface area (Å²) in [6.07, 6.45) is 11.4. The maximum Gasteiger partial charge on any atom is 0.175 e. The van der Waals surface area contributed by atoms with Gasteiger partial charge in [-0.3, -0.25) is 9.59 Å². The van der Waals surface area contributed by atoms with Crippen LogP contribution in [0.4, 0.5) is 0 Å². The highest BCUT2D eigenvalue weighted by atomic mass is 32.1. The van der Waals surface area contributed by atoms with Crippen LogP contribution >= 0.6 is 11.3 Å². The van der Waals surface area contributed by atoms with E-state index in [1.54, 1.807) is 35.6 Å². The van der Waals surface area contributed by atoms with Crippen molar-refractivity contribution in [1.82, 2.24) is 0 Å². The number of rotatable bonds is 8. The number of carbonyl (C=O) groups is 2. The lowest BCUT2D eigenvalue weighted by Crippen LogP contribution is -2.26. The molecule has 6 nitrogen and oxygen atoms in total. The first-order valence-corrected chi connectivity index (χ1v) is 21.3. The fourth-order valence-electron chi connectivity index (χ4n) is 6.44. The molecule has 0 N–H and O–H groups in total. The second kappa shape index (κ2) is 22.3. The Labute approximate surface area is 360 Å². The molecule has 0 spiro atoms. The normalized spacial score (nSPS) is 11.1. The monoisotopic (exact) mass is 818 g/mol. The third-order valence-corrected chi connectivity index (χ3v) is 11.1. The molecular weight excluding hydrogens is 761 g/mol. The minimum Gasteiger partial charge on any atom is -0.485 e. The van der Waals surface area contributed by atoms with Gasteiger partial charge in [-0.2, -0.15) is 0 Å².